The lowest BCUT2D eigenvalue weighted by atomic mass is 9.99. The zero-order valence-electron chi connectivity index (χ0n) is 14.9. The number of aliphatic hydroxyl groups excluding tert-OH is 3. The van der Waals surface area contributed by atoms with Gasteiger partial charge in [0.1, 0.15) is 37.3 Å². The molecule has 1 aliphatic rings. The second-order valence-electron chi connectivity index (χ2n) is 6.53. The van der Waals surface area contributed by atoms with E-state index in [1.165, 1.54) is 17.2 Å². The molecule has 3 aromatic rings. The Labute approximate surface area is 170 Å². The van der Waals surface area contributed by atoms with E-state index < -0.39 is 30.6 Å². The maximum atomic E-state index is 10.6. The molecule has 1 fully saturated rings. The summed E-state index contributed by atoms with van der Waals surface area (Å²) in [5.41, 5.74) is 1.22. The summed E-state index contributed by atoms with van der Waals surface area (Å²) in [4.78, 5) is 12.5. The van der Waals surface area contributed by atoms with Gasteiger partial charge in [-0.25, -0.2) is 15.0 Å². The third kappa shape index (κ3) is 3.50. The van der Waals surface area contributed by atoms with E-state index in [9.17, 15) is 15.3 Å². The van der Waals surface area contributed by atoms with Crippen LogP contribution in [0.4, 0.5) is 5.82 Å². The minimum absolute atomic E-state index is 0.0373. The van der Waals surface area contributed by atoms with Crippen molar-refractivity contribution < 1.29 is 20.1 Å². The number of halogens is 1. The molecule has 1 aliphatic heterocycles. The van der Waals surface area contributed by atoms with E-state index in [1.807, 2.05) is 6.07 Å². The summed E-state index contributed by atoms with van der Waals surface area (Å²) < 4.78 is 7.27. The first-order valence-corrected chi connectivity index (χ1v) is 9.12. The number of anilines is 1. The number of rotatable bonds is 5. The number of imidazole rings is 1. The van der Waals surface area contributed by atoms with E-state index in [0.29, 0.717) is 27.6 Å². The van der Waals surface area contributed by atoms with Gasteiger partial charge < -0.3 is 25.4 Å². The predicted molar refractivity (Wildman–Crippen MR) is 102 cm³/mol. The first-order chi connectivity index (χ1) is 14.0. The minimum Gasteiger partial charge on any atom is -0.387 e. The Hall–Kier alpha value is -2.81. The molecule has 1 aromatic carbocycles. The van der Waals surface area contributed by atoms with E-state index in [0.717, 1.165) is 0 Å². The van der Waals surface area contributed by atoms with Crippen LogP contribution in [0, 0.1) is 11.3 Å². The molecule has 10 nitrogen and oxygen atoms in total. The van der Waals surface area contributed by atoms with Crippen LogP contribution < -0.4 is 5.32 Å². The van der Waals surface area contributed by atoms with Crippen molar-refractivity contribution >= 4 is 28.6 Å². The Bertz CT molecular complexity index is 1050. The highest BCUT2D eigenvalue weighted by Crippen LogP contribution is 2.37. The molecule has 29 heavy (non-hydrogen) atoms. The number of aliphatic hydroxyl groups is 3. The average Bonchev–Trinajstić information content (AvgIpc) is 3.28. The molecule has 0 spiro atoms. The lowest BCUT2D eigenvalue weighted by Gasteiger charge is -2.21. The van der Waals surface area contributed by atoms with Gasteiger partial charge >= 0.3 is 0 Å². The van der Waals surface area contributed by atoms with Crippen molar-refractivity contribution in [3.05, 3.63) is 47.5 Å². The van der Waals surface area contributed by atoms with Crippen molar-refractivity contribution in [2.24, 2.45) is 0 Å². The van der Waals surface area contributed by atoms with E-state index in [2.05, 4.69) is 20.3 Å². The van der Waals surface area contributed by atoms with Crippen molar-refractivity contribution in [1.82, 2.24) is 19.5 Å². The highest BCUT2D eigenvalue weighted by molar-refractivity contribution is 6.30. The molecule has 0 amide bonds. The molecule has 0 radical (unpaired) electrons. The van der Waals surface area contributed by atoms with Crippen molar-refractivity contribution in [3.8, 4) is 6.07 Å². The average molecular weight is 417 g/mol. The number of ether oxygens (including phenoxy) is 1. The Morgan fingerprint density at radius 1 is 1.21 bits per heavy atom. The second-order valence-corrected chi connectivity index (χ2v) is 6.96. The van der Waals surface area contributed by atoms with Crippen molar-refractivity contribution in [1.29, 1.82) is 5.26 Å². The number of nitrogens with zero attached hydrogens (tertiary/aromatic N) is 5. The first-order valence-electron chi connectivity index (χ1n) is 8.74. The number of hydrogen-bond donors (Lipinski definition) is 4. The van der Waals surface area contributed by atoms with Crippen LogP contribution in [0.25, 0.3) is 11.2 Å². The molecule has 11 heteroatoms. The second kappa shape index (κ2) is 7.90. The number of nitriles is 1. The van der Waals surface area contributed by atoms with Gasteiger partial charge in [-0.15, -0.1) is 0 Å². The fourth-order valence-corrected chi connectivity index (χ4v) is 3.44. The van der Waals surface area contributed by atoms with Crippen LogP contribution in [0.3, 0.4) is 0 Å². The molecule has 0 unspecified atom stereocenters. The topological polar surface area (TPSA) is 149 Å². The third-order valence-corrected chi connectivity index (χ3v) is 5.02. The Morgan fingerprint density at radius 3 is 2.69 bits per heavy atom. The number of fused-ring (bicyclic) bond motifs is 1. The summed E-state index contributed by atoms with van der Waals surface area (Å²) in [5, 5.41) is 43.7. The van der Waals surface area contributed by atoms with Gasteiger partial charge in [-0.3, -0.25) is 4.57 Å². The van der Waals surface area contributed by atoms with Crippen LogP contribution in [0.1, 0.15) is 17.9 Å². The van der Waals surface area contributed by atoms with Crippen molar-refractivity contribution in [2.75, 3.05) is 11.9 Å². The molecule has 5 atom stereocenters. The summed E-state index contributed by atoms with van der Waals surface area (Å²) in [6, 6.07) is 8.43. The molecule has 0 saturated carbocycles. The molecule has 0 bridgehead atoms. The number of hydrogen-bond acceptors (Lipinski definition) is 9. The number of benzene rings is 1. The van der Waals surface area contributed by atoms with Gasteiger partial charge in [0.2, 0.25) is 0 Å². The normalized spacial score (nSPS) is 25.1. The molecule has 2 aromatic heterocycles. The van der Waals surface area contributed by atoms with Crippen LogP contribution in [-0.4, -0.2) is 59.7 Å². The van der Waals surface area contributed by atoms with Crippen LogP contribution >= 0.6 is 11.6 Å². The maximum absolute atomic E-state index is 10.6. The largest absolute Gasteiger partial charge is 0.387 e. The summed E-state index contributed by atoms with van der Waals surface area (Å²) in [6.45, 7) is 0.0373. The summed E-state index contributed by atoms with van der Waals surface area (Å²) in [6.07, 6.45) is -3.27. The SMILES string of the molecule is N#CCNc1ncnc2c1ncn2[C@H]1O[C@H]([C@H](O)c2ccc(Cl)cc2)[C@@H](O)[C@H]1O. The van der Waals surface area contributed by atoms with E-state index in [1.54, 1.807) is 24.3 Å². The molecule has 0 aliphatic carbocycles. The molecule has 3 heterocycles. The van der Waals surface area contributed by atoms with Crippen LogP contribution in [0.15, 0.2) is 36.9 Å². The van der Waals surface area contributed by atoms with E-state index in [4.69, 9.17) is 21.6 Å². The fourth-order valence-electron chi connectivity index (χ4n) is 3.32. The lowest BCUT2D eigenvalue weighted by molar-refractivity contribution is -0.0849. The standard InChI is InChI=1S/C18H17ClN6O4/c19-10-3-1-9(2-4-10)12(26)15-13(27)14(28)18(29-15)25-8-24-11-16(21-6-5-20)22-7-23-17(11)25/h1-4,7-8,12-15,18,26-28H,6H2,(H,21,22,23)/t12-,13+,14-,15-,18+/m1/s1. The van der Waals surface area contributed by atoms with Gasteiger partial charge in [0.25, 0.3) is 0 Å². The van der Waals surface area contributed by atoms with Crippen molar-refractivity contribution in [2.45, 2.75) is 30.6 Å². The minimum atomic E-state index is -1.35. The Balaban J connectivity index is 1.63. The quantitative estimate of drug-likeness (QED) is 0.442. The third-order valence-electron chi connectivity index (χ3n) is 4.77. The molecule has 1 saturated heterocycles. The van der Waals surface area contributed by atoms with Gasteiger partial charge in [-0.1, -0.05) is 23.7 Å². The molecule has 4 rings (SSSR count). The number of aromatic nitrogens is 4. The van der Waals surface area contributed by atoms with Crippen molar-refractivity contribution in [3.63, 3.8) is 0 Å². The van der Waals surface area contributed by atoms with Crippen LogP contribution in [-0.2, 0) is 4.74 Å². The predicted octanol–water partition coefficient (Wildman–Crippen LogP) is 0.768. The molecular weight excluding hydrogens is 400 g/mol. The Morgan fingerprint density at radius 2 is 1.97 bits per heavy atom. The Kier molecular flexibility index (Phi) is 5.31. The van der Waals surface area contributed by atoms with E-state index >= 15 is 0 Å². The van der Waals surface area contributed by atoms with Gasteiger partial charge in [-0.05, 0) is 17.7 Å². The highest BCUT2D eigenvalue weighted by atomic mass is 35.5. The summed E-state index contributed by atoms with van der Waals surface area (Å²) in [5.74, 6) is 0.362. The zero-order valence-corrected chi connectivity index (χ0v) is 15.7. The van der Waals surface area contributed by atoms with Gasteiger partial charge in [0.05, 0.1) is 12.4 Å². The highest BCUT2D eigenvalue weighted by Gasteiger charge is 2.47. The molecular formula is C18H17ClN6O4. The first kappa shape index (κ1) is 19.5. The fraction of sp³-hybridized carbons (Fsp3) is 0.333. The van der Waals surface area contributed by atoms with Gasteiger partial charge in [0, 0.05) is 5.02 Å². The molecule has 4 N–H and O–H groups in total. The van der Waals surface area contributed by atoms with Gasteiger partial charge in [-0.2, -0.15) is 5.26 Å². The van der Waals surface area contributed by atoms with Crippen LogP contribution in [0.2, 0.25) is 5.02 Å². The maximum Gasteiger partial charge on any atom is 0.167 e. The van der Waals surface area contributed by atoms with Gasteiger partial charge in [0.15, 0.2) is 23.2 Å². The smallest absolute Gasteiger partial charge is 0.167 e. The molecule has 150 valence electrons. The lowest BCUT2D eigenvalue weighted by Crippen LogP contribution is -2.34. The van der Waals surface area contributed by atoms with Crippen LogP contribution in [0.5, 0.6) is 0 Å². The number of nitrogens with one attached hydrogen (secondary N) is 1. The van der Waals surface area contributed by atoms with E-state index in [-0.39, 0.29) is 6.54 Å². The summed E-state index contributed by atoms with van der Waals surface area (Å²) in [7, 11) is 0. The zero-order chi connectivity index (χ0) is 20.5. The monoisotopic (exact) mass is 416 g/mol. The summed E-state index contributed by atoms with van der Waals surface area (Å²) >= 11 is 5.87.